The van der Waals surface area contributed by atoms with Crippen molar-refractivity contribution in [3.63, 3.8) is 0 Å². The lowest BCUT2D eigenvalue weighted by molar-refractivity contribution is 0.362. The van der Waals surface area contributed by atoms with E-state index in [1.54, 1.807) is 30.3 Å². The third-order valence-corrected chi connectivity index (χ3v) is 8.61. The molecular formula is C24H24FN3O5S2. The monoisotopic (exact) mass is 517 g/mol. The van der Waals surface area contributed by atoms with Crippen molar-refractivity contribution >= 4 is 31.4 Å². The zero-order valence-corrected chi connectivity index (χ0v) is 20.7. The number of hydrogen-bond acceptors (Lipinski definition) is 6. The molecule has 184 valence electrons. The van der Waals surface area contributed by atoms with Crippen molar-refractivity contribution in [2.45, 2.75) is 24.3 Å². The number of hydrogen-bond donors (Lipinski definition) is 1. The quantitative estimate of drug-likeness (QED) is 0.484. The second kappa shape index (κ2) is 9.67. The van der Waals surface area contributed by atoms with Gasteiger partial charge in [0.25, 0.3) is 10.0 Å². The minimum Gasteiger partial charge on any atom is -0.497 e. The minimum atomic E-state index is -4.19. The molecule has 1 heterocycles. The van der Waals surface area contributed by atoms with Crippen molar-refractivity contribution in [2.75, 3.05) is 17.6 Å². The van der Waals surface area contributed by atoms with Crippen LogP contribution in [0.15, 0.2) is 82.8 Å². The summed E-state index contributed by atoms with van der Waals surface area (Å²) in [6.07, 6.45) is 0.0428. The molecule has 1 N–H and O–H groups in total. The summed E-state index contributed by atoms with van der Waals surface area (Å²) in [7, 11) is -6.31. The molecule has 8 nitrogen and oxygen atoms in total. The summed E-state index contributed by atoms with van der Waals surface area (Å²) in [5, 5.41) is 4.39. The predicted molar refractivity (Wildman–Crippen MR) is 132 cm³/mol. The summed E-state index contributed by atoms with van der Waals surface area (Å²) in [4.78, 5) is -0.0374. The van der Waals surface area contributed by atoms with Crippen LogP contribution in [-0.2, 0) is 20.0 Å². The van der Waals surface area contributed by atoms with Crippen molar-refractivity contribution in [1.29, 1.82) is 0 Å². The van der Waals surface area contributed by atoms with Gasteiger partial charge >= 0.3 is 0 Å². The molecule has 1 aliphatic heterocycles. The summed E-state index contributed by atoms with van der Waals surface area (Å²) >= 11 is 0. The van der Waals surface area contributed by atoms with Gasteiger partial charge < -0.3 is 4.74 Å². The molecule has 0 saturated carbocycles. The average Bonchev–Trinajstić information content (AvgIpc) is 3.30. The number of para-hydroxylation sites is 1. The van der Waals surface area contributed by atoms with E-state index in [4.69, 9.17) is 4.74 Å². The summed E-state index contributed by atoms with van der Waals surface area (Å²) in [6.45, 7) is 1.51. The highest BCUT2D eigenvalue weighted by Crippen LogP contribution is 2.39. The highest BCUT2D eigenvalue weighted by atomic mass is 32.2. The Morgan fingerprint density at radius 2 is 1.66 bits per heavy atom. The van der Waals surface area contributed by atoms with Crippen LogP contribution in [0.2, 0.25) is 0 Å². The van der Waals surface area contributed by atoms with Crippen molar-refractivity contribution in [2.24, 2.45) is 5.10 Å². The molecule has 3 aromatic rings. The lowest BCUT2D eigenvalue weighted by Gasteiger charge is -2.23. The SMILES string of the molecule is CCS(=O)(=O)Nc1ccccc1C1=NN(S(=O)(=O)c2ccc(OC)cc2)[C@H](c2ccccc2F)C1. The van der Waals surface area contributed by atoms with E-state index in [2.05, 4.69) is 9.82 Å². The number of sulfonamides is 2. The topological polar surface area (TPSA) is 105 Å². The number of ether oxygens (including phenoxy) is 1. The third kappa shape index (κ3) is 5.01. The van der Waals surface area contributed by atoms with Gasteiger partial charge in [-0.15, -0.1) is 0 Å². The standard InChI is InChI=1S/C24H24FN3O5S2/c1-3-34(29,30)27-22-11-7-5-9-20(22)23-16-24(19-8-4-6-10-21(19)25)28(26-23)35(31,32)18-14-12-17(33-2)13-15-18/h4-15,24,27H,3,16H2,1-2H3/t24-/m0/s1. The fourth-order valence-electron chi connectivity index (χ4n) is 3.77. The second-order valence-corrected chi connectivity index (χ2v) is 11.6. The maximum Gasteiger partial charge on any atom is 0.279 e. The van der Waals surface area contributed by atoms with Gasteiger partial charge in [-0.25, -0.2) is 12.8 Å². The number of nitrogens with one attached hydrogen (secondary N) is 1. The number of nitrogens with zero attached hydrogens (tertiary/aromatic N) is 2. The van der Waals surface area contributed by atoms with Gasteiger partial charge in [0.15, 0.2) is 0 Å². The Bertz CT molecular complexity index is 1470. The van der Waals surface area contributed by atoms with Gasteiger partial charge in [0.1, 0.15) is 11.6 Å². The van der Waals surface area contributed by atoms with E-state index >= 15 is 0 Å². The number of halogens is 1. The fourth-order valence-corrected chi connectivity index (χ4v) is 5.85. The maximum atomic E-state index is 14.8. The molecule has 0 saturated heterocycles. The first-order chi connectivity index (χ1) is 16.7. The molecule has 0 fully saturated rings. The molecule has 1 atom stereocenters. The Hall–Kier alpha value is -3.44. The molecule has 11 heteroatoms. The highest BCUT2D eigenvalue weighted by molar-refractivity contribution is 7.92. The van der Waals surface area contributed by atoms with Crippen LogP contribution < -0.4 is 9.46 Å². The van der Waals surface area contributed by atoms with Gasteiger partial charge in [-0.05, 0) is 43.3 Å². The largest absolute Gasteiger partial charge is 0.497 e. The van der Waals surface area contributed by atoms with E-state index < -0.39 is 31.9 Å². The van der Waals surface area contributed by atoms with Crippen LogP contribution in [-0.4, -0.2) is 39.8 Å². The summed E-state index contributed by atoms with van der Waals surface area (Å²) < 4.78 is 75.0. The number of hydrazone groups is 1. The van der Waals surface area contributed by atoms with Crippen molar-refractivity contribution < 1.29 is 26.0 Å². The first-order valence-corrected chi connectivity index (χ1v) is 13.9. The molecule has 1 aliphatic rings. The Morgan fingerprint density at radius 3 is 2.31 bits per heavy atom. The third-order valence-electron chi connectivity index (χ3n) is 5.62. The van der Waals surface area contributed by atoms with E-state index in [0.29, 0.717) is 17.0 Å². The molecule has 0 aliphatic carbocycles. The Labute approximate surface area is 204 Å². The van der Waals surface area contributed by atoms with Gasteiger partial charge in [0.2, 0.25) is 10.0 Å². The van der Waals surface area contributed by atoms with Crippen LogP contribution in [0.5, 0.6) is 5.75 Å². The fraction of sp³-hybridized carbons (Fsp3) is 0.208. The van der Waals surface area contributed by atoms with Gasteiger partial charge in [0.05, 0.1) is 35.2 Å². The zero-order valence-electron chi connectivity index (χ0n) is 19.0. The average molecular weight is 518 g/mol. The lowest BCUT2D eigenvalue weighted by Crippen LogP contribution is -2.27. The molecule has 0 aromatic heterocycles. The van der Waals surface area contributed by atoms with Crippen LogP contribution in [0.3, 0.4) is 0 Å². The zero-order chi connectivity index (χ0) is 25.2. The van der Waals surface area contributed by atoms with E-state index in [9.17, 15) is 21.2 Å². The van der Waals surface area contributed by atoms with E-state index in [0.717, 1.165) is 4.41 Å². The maximum absolute atomic E-state index is 14.8. The second-order valence-electron chi connectivity index (χ2n) is 7.79. The van der Waals surface area contributed by atoms with Crippen LogP contribution in [0.25, 0.3) is 0 Å². The number of anilines is 1. The Balaban J connectivity index is 1.83. The van der Waals surface area contributed by atoms with Crippen molar-refractivity contribution in [3.8, 4) is 5.75 Å². The smallest absolute Gasteiger partial charge is 0.279 e. The molecular weight excluding hydrogens is 493 g/mol. The van der Waals surface area contributed by atoms with Gasteiger partial charge in [0, 0.05) is 17.5 Å². The van der Waals surface area contributed by atoms with Gasteiger partial charge in [-0.1, -0.05) is 36.4 Å². The molecule has 4 rings (SSSR count). The summed E-state index contributed by atoms with van der Waals surface area (Å²) in [5.74, 6) is -0.218. The molecule has 0 amide bonds. The van der Waals surface area contributed by atoms with Crippen LogP contribution in [0.4, 0.5) is 10.1 Å². The number of benzene rings is 3. The van der Waals surface area contributed by atoms with Gasteiger partial charge in [-0.2, -0.15) is 17.9 Å². The molecule has 3 aromatic carbocycles. The molecule has 0 spiro atoms. The van der Waals surface area contributed by atoms with Crippen LogP contribution in [0, 0.1) is 5.82 Å². The molecule has 0 unspecified atom stereocenters. The summed E-state index contributed by atoms with van der Waals surface area (Å²) in [5.41, 5.74) is 1.15. The van der Waals surface area contributed by atoms with Crippen molar-refractivity contribution in [3.05, 3.63) is 89.7 Å². The minimum absolute atomic E-state index is 0.0374. The van der Waals surface area contributed by atoms with Crippen LogP contribution in [0.1, 0.15) is 30.5 Å². The number of rotatable bonds is 8. The number of methoxy groups -OCH3 is 1. The van der Waals surface area contributed by atoms with Gasteiger partial charge in [-0.3, -0.25) is 4.72 Å². The first-order valence-electron chi connectivity index (χ1n) is 10.8. The highest BCUT2D eigenvalue weighted by Gasteiger charge is 2.39. The first kappa shape index (κ1) is 24.7. The Morgan fingerprint density at radius 1 is 1.00 bits per heavy atom. The molecule has 0 radical (unpaired) electrons. The van der Waals surface area contributed by atoms with E-state index in [-0.39, 0.29) is 28.3 Å². The van der Waals surface area contributed by atoms with Crippen molar-refractivity contribution in [1.82, 2.24) is 4.41 Å². The Kier molecular flexibility index (Phi) is 6.82. The van der Waals surface area contributed by atoms with Crippen LogP contribution >= 0.6 is 0 Å². The normalized spacial score (nSPS) is 16.1. The summed E-state index contributed by atoms with van der Waals surface area (Å²) in [6, 6.07) is 17.3. The van der Waals surface area contributed by atoms with E-state index in [1.165, 1.54) is 56.5 Å². The molecule has 35 heavy (non-hydrogen) atoms. The molecule has 0 bridgehead atoms. The predicted octanol–water partition coefficient (Wildman–Crippen LogP) is 4.14. The van der Waals surface area contributed by atoms with E-state index in [1.807, 2.05) is 0 Å². The lowest BCUT2D eigenvalue weighted by atomic mass is 9.98.